The normalized spacial score (nSPS) is 10.4. The van der Waals surface area contributed by atoms with Crippen LogP contribution in [-0.2, 0) is 4.74 Å². The maximum Gasteiger partial charge on any atom is 0.358 e. The van der Waals surface area contributed by atoms with Crippen LogP contribution in [0.25, 0.3) is 10.6 Å². The third-order valence-corrected chi connectivity index (χ3v) is 4.43. The number of methoxy groups -OCH3 is 1. The zero-order chi connectivity index (χ0) is 14.9. The molecule has 1 aromatic heterocycles. The fourth-order valence-electron chi connectivity index (χ4n) is 1.78. The number of aromatic nitrogens is 1. The minimum atomic E-state index is -0.590. The van der Waals surface area contributed by atoms with Gasteiger partial charge in [-0.05, 0) is 24.6 Å². The molecular weight excluding hydrogens is 342 g/mol. The fourth-order valence-corrected chi connectivity index (χ4v) is 3.29. The van der Waals surface area contributed by atoms with Gasteiger partial charge in [0, 0.05) is 17.0 Å². The van der Waals surface area contributed by atoms with E-state index in [1.165, 1.54) is 25.4 Å². The predicted octanol–water partition coefficient (Wildman–Crippen LogP) is 3.87. The molecule has 0 aliphatic rings. The number of nitrogens with zero attached hydrogens (tertiary/aromatic N) is 1. The van der Waals surface area contributed by atoms with Crippen LogP contribution in [0.1, 0.15) is 32.6 Å². The van der Waals surface area contributed by atoms with Crippen molar-refractivity contribution in [1.29, 1.82) is 0 Å². The van der Waals surface area contributed by atoms with Crippen molar-refractivity contribution in [1.82, 2.24) is 4.98 Å². The molecule has 0 N–H and O–H groups in total. The van der Waals surface area contributed by atoms with E-state index < -0.39 is 5.97 Å². The number of carbonyl (C=O) groups is 2. The van der Waals surface area contributed by atoms with Crippen LogP contribution in [0.5, 0.6) is 0 Å². The lowest BCUT2D eigenvalue weighted by Crippen LogP contribution is -2.06. The van der Waals surface area contributed by atoms with E-state index in [4.69, 9.17) is 0 Å². The van der Waals surface area contributed by atoms with Gasteiger partial charge >= 0.3 is 5.97 Å². The van der Waals surface area contributed by atoms with E-state index in [2.05, 4.69) is 25.7 Å². The third kappa shape index (κ3) is 2.81. The first-order valence-corrected chi connectivity index (χ1v) is 7.41. The quantitative estimate of drug-likeness (QED) is 0.620. The van der Waals surface area contributed by atoms with Gasteiger partial charge in [-0.2, -0.15) is 0 Å². The maximum absolute atomic E-state index is 11.7. The lowest BCUT2D eigenvalue weighted by Gasteiger charge is -2.02. The minimum absolute atomic E-state index is 0.0855. The largest absolute Gasteiger partial charge is 0.464 e. The number of Topliss-reactive ketones (excluding diaryl/α,β-unsaturated/α-hetero) is 1. The Bertz CT molecular complexity index is 694. The molecule has 0 saturated heterocycles. The first-order chi connectivity index (χ1) is 9.43. The molecule has 0 bridgehead atoms. The van der Waals surface area contributed by atoms with Gasteiger partial charge in [0.2, 0.25) is 0 Å². The molecule has 0 unspecified atom stereocenters. The van der Waals surface area contributed by atoms with Crippen LogP contribution in [0.3, 0.4) is 0 Å². The van der Waals surface area contributed by atoms with Crippen molar-refractivity contribution in [3.63, 3.8) is 0 Å². The number of thiazole rings is 1. The van der Waals surface area contributed by atoms with Crippen LogP contribution >= 0.6 is 27.3 Å². The van der Waals surface area contributed by atoms with Crippen molar-refractivity contribution in [2.24, 2.45) is 0 Å². The Labute approximate surface area is 128 Å². The molecule has 0 aliphatic carbocycles. The van der Waals surface area contributed by atoms with Crippen molar-refractivity contribution in [2.45, 2.75) is 13.8 Å². The van der Waals surface area contributed by atoms with Gasteiger partial charge in [0.25, 0.3) is 0 Å². The molecule has 4 nitrogen and oxygen atoms in total. The van der Waals surface area contributed by atoms with Gasteiger partial charge < -0.3 is 4.74 Å². The number of ketones is 1. The first kappa shape index (κ1) is 14.9. The third-order valence-electron chi connectivity index (χ3n) is 2.74. The minimum Gasteiger partial charge on any atom is -0.464 e. The Balaban J connectivity index is 2.58. The molecule has 1 aromatic carbocycles. The van der Waals surface area contributed by atoms with E-state index >= 15 is 0 Å². The number of benzene rings is 1. The van der Waals surface area contributed by atoms with Crippen molar-refractivity contribution >= 4 is 39.0 Å². The van der Waals surface area contributed by atoms with Crippen LogP contribution in [0.15, 0.2) is 22.7 Å². The molecule has 0 atom stereocenters. The van der Waals surface area contributed by atoms with Gasteiger partial charge in [-0.25, -0.2) is 9.78 Å². The Kier molecular flexibility index (Phi) is 4.35. The van der Waals surface area contributed by atoms with Crippen molar-refractivity contribution < 1.29 is 14.3 Å². The van der Waals surface area contributed by atoms with Crippen LogP contribution < -0.4 is 0 Å². The molecule has 0 saturated carbocycles. The van der Waals surface area contributed by atoms with Gasteiger partial charge in [0.15, 0.2) is 11.5 Å². The number of aryl methyl sites for hydroxylation is 1. The standard InChI is InChI=1S/C14H12BrNO3S/c1-7-6-9(15)4-5-10(7)13-16-11(14(18)19-3)12(20-13)8(2)17/h4-6H,1-3H3. The Morgan fingerprint density at radius 3 is 2.60 bits per heavy atom. The predicted molar refractivity (Wildman–Crippen MR) is 81.3 cm³/mol. The van der Waals surface area contributed by atoms with Crippen LogP contribution in [0, 0.1) is 6.92 Å². The lowest BCUT2D eigenvalue weighted by atomic mass is 10.1. The first-order valence-electron chi connectivity index (χ1n) is 5.80. The summed E-state index contributed by atoms with van der Waals surface area (Å²) in [6.07, 6.45) is 0. The van der Waals surface area contributed by atoms with Gasteiger partial charge in [0.1, 0.15) is 9.88 Å². The SMILES string of the molecule is COC(=O)c1nc(-c2ccc(Br)cc2C)sc1C(C)=O. The van der Waals surface area contributed by atoms with E-state index in [1.807, 2.05) is 25.1 Å². The topological polar surface area (TPSA) is 56.3 Å². The van der Waals surface area contributed by atoms with E-state index in [1.54, 1.807) is 0 Å². The fraction of sp³-hybridized carbons (Fsp3) is 0.214. The van der Waals surface area contributed by atoms with Gasteiger partial charge in [-0.1, -0.05) is 22.0 Å². The highest BCUT2D eigenvalue weighted by atomic mass is 79.9. The second-order valence-corrected chi connectivity index (χ2v) is 6.12. The zero-order valence-electron chi connectivity index (χ0n) is 11.2. The van der Waals surface area contributed by atoms with Crippen LogP contribution in [0.2, 0.25) is 0 Å². The van der Waals surface area contributed by atoms with E-state index in [0.717, 1.165) is 15.6 Å². The molecule has 6 heteroatoms. The number of esters is 1. The van der Waals surface area contributed by atoms with Gasteiger partial charge in [0.05, 0.1) is 7.11 Å². The summed E-state index contributed by atoms with van der Waals surface area (Å²) < 4.78 is 5.64. The number of hydrogen-bond donors (Lipinski definition) is 0. The lowest BCUT2D eigenvalue weighted by molar-refractivity contribution is 0.0591. The summed E-state index contributed by atoms with van der Waals surface area (Å²) in [6.45, 7) is 3.37. The summed E-state index contributed by atoms with van der Waals surface area (Å²) in [5.74, 6) is -0.781. The summed E-state index contributed by atoms with van der Waals surface area (Å²) in [5, 5.41) is 0.639. The van der Waals surface area contributed by atoms with Crippen LogP contribution in [0.4, 0.5) is 0 Å². The number of halogens is 1. The molecule has 0 radical (unpaired) electrons. The Morgan fingerprint density at radius 2 is 2.05 bits per heavy atom. The molecule has 0 amide bonds. The van der Waals surface area contributed by atoms with Gasteiger partial charge in [-0.3, -0.25) is 4.79 Å². The molecule has 2 aromatic rings. The molecule has 104 valence electrons. The van der Waals surface area contributed by atoms with E-state index in [9.17, 15) is 9.59 Å². The number of rotatable bonds is 3. The number of ether oxygens (including phenoxy) is 1. The summed E-state index contributed by atoms with van der Waals surface area (Å²) in [7, 11) is 1.27. The van der Waals surface area contributed by atoms with Crippen LogP contribution in [-0.4, -0.2) is 23.8 Å². The molecular formula is C14H12BrNO3S. The number of carbonyl (C=O) groups excluding carboxylic acids is 2. The summed E-state index contributed by atoms with van der Waals surface area (Å²) in [6, 6.07) is 5.76. The molecule has 0 aliphatic heterocycles. The molecule has 0 fully saturated rings. The Morgan fingerprint density at radius 1 is 1.35 bits per heavy atom. The van der Waals surface area contributed by atoms with Gasteiger partial charge in [-0.15, -0.1) is 11.3 Å². The zero-order valence-corrected chi connectivity index (χ0v) is 13.6. The summed E-state index contributed by atoms with van der Waals surface area (Å²) >= 11 is 4.61. The highest BCUT2D eigenvalue weighted by molar-refractivity contribution is 9.10. The smallest absolute Gasteiger partial charge is 0.358 e. The summed E-state index contributed by atoms with van der Waals surface area (Å²) in [4.78, 5) is 27.9. The van der Waals surface area contributed by atoms with Crippen molar-refractivity contribution in [3.8, 4) is 10.6 Å². The second-order valence-electron chi connectivity index (χ2n) is 4.20. The monoisotopic (exact) mass is 353 g/mol. The molecule has 20 heavy (non-hydrogen) atoms. The van der Waals surface area contributed by atoms with Crippen molar-refractivity contribution in [3.05, 3.63) is 38.8 Å². The maximum atomic E-state index is 11.7. The molecule has 0 spiro atoms. The van der Waals surface area contributed by atoms with E-state index in [0.29, 0.717) is 9.88 Å². The highest BCUT2D eigenvalue weighted by Gasteiger charge is 2.22. The Hall–Kier alpha value is -1.53. The molecule has 2 rings (SSSR count). The molecule has 1 heterocycles. The number of hydrogen-bond acceptors (Lipinski definition) is 5. The highest BCUT2D eigenvalue weighted by Crippen LogP contribution is 2.32. The van der Waals surface area contributed by atoms with E-state index in [-0.39, 0.29) is 11.5 Å². The summed E-state index contributed by atoms with van der Waals surface area (Å²) in [5.41, 5.74) is 2.00. The average Bonchev–Trinajstić information content (AvgIpc) is 2.82. The second kappa shape index (κ2) is 5.85. The average molecular weight is 354 g/mol. The van der Waals surface area contributed by atoms with Crippen molar-refractivity contribution in [2.75, 3.05) is 7.11 Å².